The molecule has 0 spiro atoms. The molecular weight excluding hydrogens is 318 g/mol. The van der Waals surface area contributed by atoms with Gasteiger partial charge in [0, 0.05) is 11.9 Å². The highest BCUT2D eigenvalue weighted by Crippen LogP contribution is 2.23. The second-order valence-electron chi connectivity index (χ2n) is 6.55. The maximum atomic E-state index is 12.2. The molecular formula is C19H25N3O3. The summed E-state index contributed by atoms with van der Waals surface area (Å²) in [7, 11) is 0. The predicted octanol–water partition coefficient (Wildman–Crippen LogP) is 3.24. The minimum absolute atomic E-state index is 0.104. The average Bonchev–Trinajstić information content (AvgIpc) is 2.54. The monoisotopic (exact) mass is 343 g/mol. The highest BCUT2D eigenvalue weighted by Gasteiger charge is 2.22. The Labute approximate surface area is 148 Å². The van der Waals surface area contributed by atoms with E-state index in [1.807, 2.05) is 58.0 Å². The van der Waals surface area contributed by atoms with E-state index in [0.717, 1.165) is 11.3 Å². The van der Waals surface area contributed by atoms with Crippen LogP contribution in [0.25, 0.3) is 0 Å². The van der Waals surface area contributed by atoms with Crippen LogP contribution >= 0.6 is 0 Å². The van der Waals surface area contributed by atoms with Crippen LogP contribution in [0.1, 0.15) is 45.6 Å². The molecule has 0 aliphatic carbocycles. The van der Waals surface area contributed by atoms with E-state index in [4.69, 9.17) is 0 Å². The molecule has 1 rings (SSSR count). The second kappa shape index (κ2) is 9.48. The maximum Gasteiger partial charge on any atom is 0.326 e. The Bertz CT molecular complexity index is 687. The number of carboxylic acids is 1. The number of rotatable bonds is 8. The van der Waals surface area contributed by atoms with Gasteiger partial charge < -0.3 is 15.7 Å². The highest BCUT2D eigenvalue weighted by atomic mass is 16.4. The molecule has 25 heavy (non-hydrogen) atoms. The summed E-state index contributed by atoms with van der Waals surface area (Å²) in [6, 6.07) is 8.40. The van der Waals surface area contributed by atoms with Gasteiger partial charge in [-0.1, -0.05) is 45.9 Å². The summed E-state index contributed by atoms with van der Waals surface area (Å²) < 4.78 is 0. The second-order valence-corrected chi connectivity index (χ2v) is 6.55. The first-order valence-corrected chi connectivity index (χ1v) is 8.25. The van der Waals surface area contributed by atoms with Crippen LogP contribution in [0.3, 0.4) is 0 Å². The van der Waals surface area contributed by atoms with E-state index in [9.17, 15) is 20.0 Å². The summed E-state index contributed by atoms with van der Waals surface area (Å²) >= 11 is 0. The topological polar surface area (TPSA) is 102 Å². The van der Waals surface area contributed by atoms with Crippen LogP contribution < -0.4 is 10.6 Å². The van der Waals surface area contributed by atoms with Crippen molar-refractivity contribution in [3.8, 4) is 6.07 Å². The van der Waals surface area contributed by atoms with Crippen LogP contribution in [-0.4, -0.2) is 23.0 Å². The third-order valence-electron chi connectivity index (χ3n) is 3.63. The molecule has 1 amide bonds. The Kier molecular flexibility index (Phi) is 7.67. The fraction of sp³-hybridized carbons (Fsp3) is 0.421. The van der Waals surface area contributed by atoms with Crippen molar-refractivity contribution in [3.63, 3.8) is 0 Å². The molecule has 0 radical (unpaired) electrons. The molecule has 0 fully saturated rings. The van der Waals surface area contributed by atoms with Gasteiger partial charge in [0.1, 0.15) is 17.7 Å². The molecule has 0 aliphatic rings. The molecule has 1 aromatic carbocycles. The number of carbonyl (C=O) groups excluding carboxylic acids is 1. The van der Waals surface area contributed by atoms with E-state index in [2.05, 4.69) is 10.6 Å². The molecule has 0 bridgehead atoms. The molecule has 1 unspecified atom stereocenters. The summed E-state index contributed by atoms with van der Waals surface area (Å²) in [6.45, 7) is 7.83. The summed E-state index contributed by atoms with van der Waals surface area (Å²) in [5.41, 5.74) is 1.68. The van der Waals surface area contributed by atoms with Gasteiger partial charge in [-0.2, -0.15) is 5.26 Å². The smallest absolute Gasteiger partial charge is 0.326 e. The van der Waals surface area contributed by atoms with Gasteiger partial charge in [0.05, 0.1) is 0 Å². The molecule has 0 heterocycles. The van der Waals surface area contributed by atoms with Crippen LogP contribution in [0.15, 0.2) is 36.0 Å². The van der Waals surface area contributed by atoms with Gasteiger partial charge in [0.25, 0.3) is 5.91 Å². The van der Waals surface area contributed by atoms with E-state index in [1.54, 1.807) is 0 Å². The summed E-state index contributed by atoms with van der Waals surface area (Å²) in [5.74, 6) is -1.44. The van der Waals surface area contributed by atoms with Crippen molar-refractivity contribution in [2.24, 2.45) is 5.92 Å². The van der Waals surface area contributed by atoms with E-state index < -0.39 is 17.9 Å². The van der Waals surface area contributed by atoms with Crippen LogP contribution in [-0.2, 0) is 9.59 Å². The zero-order valence-electron chi connectivity index (χ0n) is 15.0. The Balaban J connectivity index is 2.91. The van der Waals surface area contributed by atoms with Crippen molar-refractivity contribution in [1.29, 1.82) is 5.26 Å². The molecule has 0 aliphatic heterocycles. The molecule has 6 nitrogen and oxygen atoms in total. The van der Waals surface area contributed by atoms with Crippen molar-refractivity contribution in [3.05, 3.63) is 41.6 Å². The van der Waals surface area contributed by atoms with Crippen LogP contribution in [0.2, 0.25) is 0 Å². The fourth-order valence-electron chi connectivity index (χ4n) is 2.36. The van der Waals surface area contributed by atoms with Gasteiger partial charge in [0.2, 0.25) is 0 Å². The first-order valence-electron chi connectivity index (χ1n) is 8.25. The number of hydrogen-bond donors (Lipinski definition) is 3. The average molecular weight is 343 g/mol. The number of benzene rings is 1. The van der Waals surface area contributed by atoms with Crippen molar-refractivity contribution in [2.75, 3.05) is 5.32 Å². The van der Waals surface area contributed by atoms with E-state index in [-0.39, 0.29) is 17.4 Å². The maximum absolute atomic E-state index is 12.2. The molecule has 134 valence electrons. The number of nitrogens with one attached hydrogen (secondary N) is 2. The summed E-state index contributed by atoms with van der Waals surface area (Å²) in [6.07, 6.45) is 1.61. The number of aliphatic carboxylic acids is 1. The standard InChI is InChI=1S/C19H25N3O3/c1-12(2)9-17(19(24)25)22-18(23)14(10-20)11-21-16-8-6-5-7-15(16)13(3)4/h5-8,11-13,17,21H,9H2,1-4H3,(H,22,23)(H,24,25)/b14-11-. The molecule has 1 atom stereocenters. The predicted molar refractivity (Wildman–Crippen MR) is 96.9 cm³/mol. The van der Waals surface area contributed by atoms with Gasteiger partial charge in [-0.05, 0) is 29.9 Å². The Morgan fingerprint density at radius 3 is 2.40 bits per heavy atom. The minimum Gasteiger partial charge on any atom is -0.480 e. The molecule has 1 aromatic rings. The number of anilines is 1. The number of carbonyl (C=O) groups is 2. The van der Waals surface area contributed by atoms with E-state index in [0.29, 0.717) is 6.42 Å². The van der Waals surface area contributed by atoms with Gasteiger partial charge in [-0.25, -0.2) is 4.79 Å². The summed E-state index contributed by atoms with van der Waals surface area (Å²) in [4.78, 5) is 23.5. The Morgan fingerprint density at radius 1 is 1.24 bits per heavy atom. The number of hydrogen-bond acceptors (Lipinski definition) is 4. The first kappa shape index (κ1) is 20.2. The number of nitrogens with zero attached hydrogens (tertiary/aromatic N) is 1. The number of para-hydroxylation sites is 1. The zero-order valence-corrected chi connectivity index (χ0v) is 15.0. The summed E-state index contributed by atoms with van der Waals surface area (Å²) in [5, 5.41) is 23.8. The third-order valence-corrected chi connectivity index (χ3v) is 3.63. The Morgan fingerprint density at radius 2 is 1.88 bits per heavy atom. The lowest BCUT2D eigenvalue weighted by Gasteiger charge is -2.16. The lowest BCUT2D eigenvalue weighted by Crippen LogP contribution is -2.42. The Hall–Kier alpha value is -2.81. The normalized spacial score (nSPS) is 12.6. The van der Waals surface area contributed by atoms with Crippen molar-refractivity contribution >= 4 is 17.6 Å². The SMILES string of the molecule is CC(C)CC(NC(=O)/C(C#N)=C\Nc1ccccc1C(C)C)C(=O)O. The largest absolute Gasteiger partial charge is 0.480 e. The first-order chi connectivity index (χ1) is 11.8. The van der Waals surface area contributed by atoms with E-state index in [1.165, 1.54) is 6.20 Å². The number of nitriles is 1. The fourth-order valence-corrected chi connectivity index (χ4v) is 2.36. The van der Waals surface area contributed by atoms with Gasteiger partial charge in [-0.3, -0.25) is 4.79 Å². The molecule has 3 N–H and O–H groups in total. The molecule has 0 aromatic heterocycles. The number of carboxylic acid groups (broad SMARTS) is 1. The molecule has 6 heteroatoms. The highest BCUT2D eigenvalue weighted by molar-refractivity contribution is 5.99. The minimum atomic E-state index is -1.11. The zero-order chi connectivity index (χ0) is 19.0. The van der Waals surface area contributed by atoms with Crippen LogP contribution in [0, 0.1) is 17.2 Å². The van der Waals surface area contributed by atoms with Crippen LogP contribution in [0.4, 0.5) is 5.69 Å². The van der Waals surface area contributed by atoms with Crippen molar-refractivity contribution in [1.82, 2.24) is 5.32 Å². The van der Waals surface area contributed by atoms with Gasteiger partial charge in [0.15, 0.2) is 0 Å². The van der Waals surface area contributed by atoms with Gasteiger partial charge in [-0.15, -0.1) is 0 Å². The van der Waals surface area contributed by atoms with Crippen molar-refractivity contribution < 1.29 is 14.7 Å². The molecule has 0 saturated heterocycles. The quantitative estimate of drug-likeness (QED) is 0.497. The molecule has 0 saturated carbocycles. The number of amides is 1. The lowest BCUT2D eigenvalue weighted by molar-refractivity contribution is -0.141. The third kappa shape index (κ3) is 6.30. The van der Waals surface area contributed by atoms with E-state index >= 15 is 0 Å². The van der Waals surface area contributed by atoms with Crippen LogP contribution in [0.5, 0.6) is 0 Å². The van der Waals surface area contributed by atoms with Gasteiger partial charge >= 0.3 is 5.97 Å². The lowest BCUT2D eigenvalue weighted by atomic mass is 10.0. The van der Waals surface area contributed by atoms with Crippen molar-refractivity contribution in [2.45, 2.75) is 46.1 Å².